The van der Waals surface area contributed by atoms with Gasteiger partial charge in [0, 0.05) is 37.2 Å². The largest absolute Gasteiger partial charge is 0.377 e. The summed E-state index contributed by atoms with van der Waals surface area (Å²) in [6.07, 6.45) is 2.88. The molecule has 108 valence electrons. The van der Waals surface area contributed by atoms with Gasteiger partial charge in [0.2, 0.25) is 0 Å². The standard InChI is InChI=1S/C15H26N2OS/c1-3-17(12-15-7-5-9-19-15)13(2)10-16-11-14-6-4-8-18-14/h5,7,9,13-14,16H,3-4,6,8,10-12H2,1-2H3. The lowest BCUT2D eigenvalue weighted by Gasteiger charge is -2.28. The summed E-state index contributed by atoms with van der Waals surface area (Å²) in [6.45, 7) is 9.70. The van der Waals surface area contributed by atoms with Gasteiger partial charge in [0.1, 0.15) is 0 Å². The molecule has 0 bridgehead atoms. The number of ether oxygens (including phenoxy) is 1. The van der Waals surface area contributed by atoms with E-state index in [-0.39, 0.29) is 0 Å². The highest BCUT2D eigenvalue weighted by Crippen LogP contribution is 2.14. The fraction of sp³-hybridized carbons (Fsp3) is 0.733. The summed E-state index contributed by atoms with van der Waals surface area (Å²) < 4.78 is 5.63. The summed E-state index contributed by atoms with van der Waals surface area (Å²) in [5, 5.41) is 5.71. The topological polar surface area (TPSA) is 24.5 Å². The van der Waals surface area contributed by atoms with Gasteiger partial charge in [-0.1, -0.05) is 13.0 Å². The highest BCUT2D eigenvalue weighted by molar-refractivity contribution is 7.09. The summed E-state index contributed by atoms with van der Waals surface area (Å²) in [7, 11) is 0. The quantitative estimate of drug-likeness (QED) is 0.793. The van der Waals surface area contributed by atoms with Gasteiger partial charge >= 0.3 is 0 Å². The van der Waals surface area contributed by atoms with Crippen LogP contribution in [0.25, 0.3) is 0 Å². The predicted molar refractivity (Wildman–Crippen MR) is 81.7 cm³/mol. The van der Waals surface area contributed by atoms with Crippen LogP contribution in [0.5, 0.6) is 0 Å². The molecule has 1 aliphatic heterocycles. The molecule has 0 radical (unpaired) electrons. The number of nitrogens with one attached hydrogen (secondary N) is 1. The van der Waals surface area contributed by atoms with E-state index in [1.54, 1.807) is 0 Å². The molecule has 2 rings (SSSR count). The number of thiophene rings is 1. The Balaban J connectivity index is 1.68. The number of hydrogen-bond acceptors (Lipinski definition) is 4. The van der Waals surface area contributed by atoms with Crippen LogP contribution in [0.3, 0.4) is 0 Å². The highest BCUT2D eigenvalue weighted by atomic mass is 32.1. The third-order valence-corrected chi connectivity index (χ3v) is 4.67. The SMILES string of the molecule is CCN(Cc1cccs1)C(C)CNCC1CCCO1. The minimum Gasteiger partial charge on any atom is -0.377 e. The summed E-state index contributed by atoms with van der Waals surface area (Å²) >= 11 is 1.85. The van der Waals surface area contributed by atoms with E-state index < -0.39 is 0 Å². The number of rotatable bonds is 8. The maximum Gasteiger partial charge on any atom is 0.0700 e. The Morgan fingerprint density at radius 3 is 3.11 bits per heavy atom. The normalized spacial score (nSPS) is 21.1. The van der Waals surface area contributed by atoms with Crippen molar-refractivity contribution in [2.75, 3.05) is 26.2 Å². The van der Waals surface area contributed by atoms with Crippen molar-refractivity contribution in [2.45, 2.75) is 45.4 Å². The summed E-state index contributed by atoms with van der Waals surface area (Å²) in [4.78, 5) is 3.97. The lowest BCUT2D eigenvalue weighted by molar-refractivity contribution is 0.107. The molecule has 1 aliphatic rings. The molecular weight excluding hydrogens is 256 g/mol. The Morgan fingerprint density at radius 2 is 2.47 bits per heavy atom. The van der Waals surface area contributed by atoms with Crippen LogP contribution in [0.4, 0.5) is 0 Å². The maximum absolute atomic E-state index is 5.63. The second-order valence-electron chi connectivity index (χ2n) is 5.28. The summed E-state index contributed by atoms with van der Waals surface area (Å²) in [5.41, 5.74) is 0. The van der Waals surface area contributed by atoms with Gasteiger partial charge < -0.3 is 10.1 Å². The van der Waals surface area contributed by atoms with Crippen molar-refractivity contribution < 1.29 is 4.74 Å². The van der Waals surface area contributed by atoms with Crippen molar-refractivity contribution in [1.29, 1.82) is 0 Å². The maximum atomic E-state index is 5.63. The van der Waals surface area contributed by atoms with Gasteiger partial charge in [-0.25, -0.2) is 0 Å². The Kier molecular flexibility index (Phi) is 6.31. The molecule has 1 aromatic rings. The molecule has 0 aromatic carbocycles. The first-order valence-electron chi connectivity index (χ1n) is 7.38. The molecule has 1 fully saturated rings. The zero-order valence-corrected chi connectivity index (χ0v) is 12.9. The molecule has 0 spiro atoms. The van der Waals surface area contributed by atoms with E-state index in [0.29, 0.717) is 12.1 Å². The lowest BCUT2D eigenvalue weighted by atomic mass is 10.2. The average molecular weight is 282 g/mol. The summed E-state index contributed by atoms with van der Waals surface area (Å²) in [5.74, 6) is 0. The van der Waals surface area contributed by atoms with Gasteiger partial charge in [0.05, 0.1) is 6.10 Å². The van der Waals surface area contributed by atoms with Crippen molar-refractivity contribution in [3.05, 3.63) is 22.4 Å². The van der Waals surface area contributed by atoms with Crippen molar-refractivity contribution in [2.24, 2.45) is 0 Å². The third-order valence-electron chi connectivity index (χ3n) is 3.80. The van der Waals surface area contributed by atoms with Gasteiger partial charge in [-0.05, 0) is 37.8 Å². The molecule has 1 N–H and O–H groups in total. The zero-order valence-electron chi connectivity index (χ0n) is 12.1. The second-order valence-corrected chi connectivity index (χ2v) is 6.32. The molecule has 4 heteroatoms. The fourth-order valence-electron chi connectivity index (χ4n) is 2.57. The van der Waals surface area contributed by atoms with E-state index in [9.17, 15) is 0 Å². The Morgan fingerprint density at radius 1 is 1.58 bits per heavy atom. The van der Waals surface area contributed by atoms with Crippen molar-refractivity contribution >= 4 is 11.3 Å². The van der Waals surface area contributed by atoms with Gasteiger partial charge in [-0.2, -0.15) is 0 Å². The van der Waals surface area contributed by atoms with E-state index in [2.05, 4.69) is 41.6 Å². The predicted octanol–water partition coefficient (Wildman–Crippen LogP) is 2.73. The van der Waals surface area contributed by atoms with E-state index in [1.807, 2.05) is 11.3 Å². The van der Waals surface area contributed by atoms with E-state index >= 15 is 0 Å². The molecule has 0 saturated carbocycles. The van der Waals surface area contributed by atoms with E-state index in [0.717, 1.165) is 32.8 Å². The zero-order chi connectivity index (χ0) is 13.5. The van der Waals surface area contributed by atoms with Crippen molar-refractivity contribution in [3.63, 3.8) is 0 Å². The van der Waals surface area contributed by atoms with Gasteiger partial charge in [-0.15, -0.1) is 11.3 Å². The minimum absolute atomic E-state index is 0.444. The van der Waals surface area contributed by atoms with Crippen LogP contribution in [-0.4, -0.2) is 43.3 Å². The first-order valence-corrected chi connectivity index (χ1v) is 8.26. The molecule has 2 atom stereocenters. The molecule has 1 aromatic heterocycles. The number of likely N-dealkylation sites (N-methyl/N-ethyl adjacent to an activating group) is 1. The van der Waals surface area contributed by atoms with Crippen LogP contribution in [-0.2, 0) is 11.3 Å². The molecule has 19 heavy (non-hydrogen) atoms. The van der Waals surface area contributed by atoms with Gasteiger partial charge in [-0.3, -0.25) is 4.90 Å². The van der Waals surface area contributed by atoms with Crippen LogP contribution >= 0.6 is 11.3 Å². The molecule has 1 saturated heterocycles. The van der Waals surface area contributed by atoms with Crippen LogP contribution in [0.2, 0.25) is 0 Å². The monoisotopic (exact) mass is 282 g/mol. The molecule has 0 aliphatic carbocycles. The van der Waals surface area contributed by atoms with Crippen LogP contribution in [0.15, 0.2) is 17.5 Å². The van der Waals surface area contributed by atoms with E-state index in [1.165, 1.54) is 17.7 Å². The second kappa shape index (κ2) is 8.00. The molecule has 2 unspecified atom stereocenters. The Bertz CT molecular complexity index is 336. The Labute approximate surface area is 121 Å². The first kappa shape index (κ1) is 15.0. The van der Waals surface area contributed by atoms with Crippen molar-refractivity contribution in [3.8, 4) is 0 Å². The van der Waals surface area contributed by atoms with Crippen molar-refractivity contribution in [1.82, 2.24) is 10.2 Å². The van der Waals surface area contributed by atoms with Crippen LogP contribution in [0, 0.1) is 0 Å². The molecular formula is C15H26N2OS. The number of nitrogens with zero attached hydrogens (tertiary/aromatic N) is 1. The van der Waals surface area contributed by atoms with Crippen LogP contribution in [0.1, 0.15) is 31.6 Å². The lowest BCUT2D eigenvalue weighted by Crippen LogP contribution is -2.41. The number of hydrogen-bond donors (Lipinski definition) is 1. The third kappa shape index (κ3) is 4.88. The summed E-state index contributed by atoms with van der Waals surface area (Å²) in [6, 6.07) is 4.92. The van der Waals surface area contributed by atoms with Gasteiger partial charge in [0.15, 0.2) is 0 Å². The average Bonchev–Trinajstić information content (AvgIpc) is 3.08. The minimum atomic E-state index is 0.444. The van der Waals surface area contributed by atoms with Crippen LogP contribution < -0.4 is 5.32 Å². The first-order chi connectivity index (χ1) is 9.29. The molecule has 0 amide bonds. The van der Waals surface area contributed by atoms with E-state index in [4.69, 9.17) is 4.74 Å². The molecule has 2 heterocycles. The smallest absolute Gasteiger partial charge is 0.0700 e. The Hall–Kier alpha value is -0.420. The highest BCUT2D eigenvalue weighted by Gasteiger charge is 2.16. The molecule has 3 nitrogen and oxygen atoms in total. The van der Waals surface area contributed by atoms with Gasteiger partial charge in [0.25, 0.3) is 0 Å². The fourth-order valence-corrected chi connectivity index (χ4v) is 3.30.